The normalized spacial score (nSPS) is 12.8. The van der Waals surface area contributed by atoms with Crippen molar-refractivity contribution in [3.63, 3.8) is 0 Å². The van der Waals surface area contributed by atoms with Gasteiger partial charge in [0.2, 0.25) is 0 Å². The van der Waals surface area contributed by atoms with Crippen LogP contribution < -0.4 is 0 Å². The van der Waals surface area contributed by atoms with Gasteiger partial charge < -0.3 is 0 Å². The molecular formula is C20H12N4. The molecule has 0 saturated heterocycles. The van der Waals surface area contributed by atoms with Gasteiger partial charge in [-0.15, -0.1) is 0 Å². The topological polar surface area (TPSA) is 43.1 Å². The number of benzene rings is 1. The fourth-order valence-corrected chi connectivity index (χ4v) is 3.96. The van der Waals surface area contributed by atoms with Crippen LogP contribution in [0.2, 0.25) is 0 Å². The molecule has 4 nitrogen and oxygen atoms in total. The van der Waals surface area contributed by atoms with Crippen molar-refractivity contribution in [2.45, 2.75) is 6.42 Å². The summed E-state index contributed by atoms with van der Waals surface area (Å²) in [5.41, 5.74) is 7.08. The van der Waals surface area contributed by atoms with E-state index in [1.807, 2.05) is 30.9 Å². The van der Waals surface area contributed by atoms with Gasteiger partial charge in [-0.25, -0.2) is 4.98 Å². The summed E-state index contributed by atoms with van der Waals surface area (Å²) in [6.07, 6.45) is 8.44. The Bertz CT molecular complexity index is 1280. The minimum absolute atomic E-state index is 0.913. The maximum Gasteiger partial charge on any atom is 0.147 e. The lowest BCUT2D eigenvalue weighted by Gasteiger charge is -2.09. The first-order valence-electron chi connectivity index (χ1n) is 8.01. The third-order valence-corrected chi connectivity index (χ3v) is 4.99. The second-order valence-electron chi connectivity index (χ2n) is 6.21. The van der Waals surface area contributed by atoms with Crippen LogP contribution in [0, 0.1) is 0 Å². The molecule has 0 bridgehead atoms. The van der Waals surface area contributed by atoms with Crippen molar-refractivity contribution in [1.29, 1.82) is 0 Å². The molecule has 0 N–H and O–H groups in total. The Morgan fingerprint density at radius 3 is 2.62 bits per heavy atom. The highest BCUT2D eigenvalue weighted by Crippen LogP contribution is 2.39. The van der Waals surface area contributed by atoms with Crippen LogP contribution in [-0.2, 0) is 6.42 Å². The van der Waals surface area contributed by atoms with Crippen molar-refractivity contribution >= 4 is 27.3 Å². The highest BCUT2D eigenvalue weighted by atomic mass is 15.0. The van der Waals surface area contributed by atoms with Crippen LogP contribution in [0.5, 0.6) is 0 Å². The molecule has 4 aromatic heterocycles. The molecule has 5 aromatic rings. The standard InChI is InChI=1S/C20H12N4/c1-2-4-13-12(3-1)9-18-19(13)23-20-16-11-21-7-5-14(16)15-10-22-8-6-17(15)24(18)20/h1-8,10-11H,9H2. The minimum atomic E-state index is 0.913. The molecule has 1 aliphatic carbocycles. The summed E-state index contributed by atoms with van der Waals surface area (Å²) in [5, 5.41) is 3.36. The first kappa shape index (κ1) is 12.2. The number of pyridine rings is 3. The van der Waals surface area contributed by atoms with Crippen LogP contribution >= 0.6 is 0 Å². The molecule has 0 fully saturated rings. The zero-order valence-electron chi connectivity index (χ0n) is 12.8. The molecule has 24 heavy (non-hydrogen) atoms. The molecule has 0 radical (unpaired) electrons. The lowest BCUT2D eigenvalue weighted by molar-refractivity contribution is 1.09. The Hall–Kier alpha value is -3.27. The second kappa shape index (κ2) is 4.17. The Kier molecular flexibility index (Phi) is 2.12. The number of aromatic nitrogens is 4. The number of fused-ring (bicyclic) bond motifs is 10. The van der Waals surface area contributed by atoms with Gasteiger partial charge in [-0.05, 0) is 23.1 Å². The van der Waals surface area contributed by atoms with Crippen LogP contribution in [0.3, 0.4) is 0 Å². The van der Waals surface area contributed by atoms with Crippen LogP contribution in [0.15, 0.2) is 61.2 Å². The average Bonchev–Trinajstić information content (AvgIpc) is 3.18. The van der Waals surface area contributed by atoms with Gasteiger partial charge in [-0.1, -0.05) is 24.3 Å². The third-order valence-electron chi connectivity index (χ3n) is 4.99. The highest BCUT2D eigenvalue weighted by Gasteiger charge is 2.25. The predicted octanol–water partition coefficient (Wildman–Crippen LogP) is 4.00. The number of hydrogen-bond acceptors (Lipinski definition) is 3. The fraction of sp³-hybridized carbons (Fsp3) is 0.0500. The highest BCUT2D eigenvalue weighted by molar-refractivity contribution is 6.11. The summed E-state index contributed by atoms with van der Waals surface area (Å²) in [7, 11) is 0. The van der Waals surface area contributed by atoms with E-state index in [-0.39, 0.29) is 0 Å². The van der Waals surface area contributed by atoms with Crippen molar-refractivity contribution in [1.82, 2.24) is 19.4 Å². The van der Waals surface area contributed by atoms with E-state index in [4.69, 9.17) is 4.98 Å². The van der Waals surface area contributed by atoms with Gasteiger partial charge >= 0.3 is 0 Å². The largest absolute Gasteiger partial charge is 0.295 e. The molecule has 4 heterocycles. The van der Waals surface area contributed by atoms with Crippen LogP contribution in [0.25, 0.3) is 38.6 Å². The van der Waals surface area contributed by atoms with E-state index in [1.165, 1.54) is 16.8 Å². The van der Waals surface area contributed by atoms with E-state index in [2.05, 4.69) is 44.7 Å². The predicted molar refractivity (Wildman–Crippen MR) is 94.0 cm³/mol. The Labute approximate surface area is 137 Å². The first-order chi connectivity index (χ1) is 11.9. The summed E-state index contributed by atoms with van der Waals surface area (Å²) in [6, 6.07) is 12.7. The maximum absolute atomic E-state index is 5.02. The molecule has 0 saturated carbocycles. The summed E-state index contributed by atoms with van der Waals surface area (Å²) < 4.78 is 2.29. The summed E-state index contributed by atoms with van der Waals surface area (Å²) >= 11 is 0. The average molecular weight is 308 g/mol. The van der Waals surface area contributed by atoms with E-state index in [0.717, 1.165) is 39.4 Å². The van der Waals surface area contributed by atoms with E-state index in [9.17, 15) is 0 Å². The van der Waals surface area contributed by atoms with E-state index in [1.54, 1.807) is 0 Å². The second-order valence-corrected chi connectivity index (χ2v) is 6.21. The van der Waals surface area contributed by atoms with E-state index < -0.39 is 0 Å². The van der Waals surface area contributed by atoms with Crippen LogP contribution in [-0.4, -0.2) is 19.4 Å². The lowest BCUT2D eigenvalue weighted by Crippen LogP contribution is -1.96. The molecule has 4 heteroatoms. The maximum atomic E-state index is 5.02. The fourth-order valence-electron chi connectivity index (χ4n) is 3.96. The van der Waals surface area contributed by atoms with Crippen molar-refractivity contribution in [2.75, 3.05) is 0 Å². The molecule has 0 atom stereocenters. The van der Waals surface area contributed by atoms with Crippen LogP contribution in [0.1, 0.15) is 11.3 Å². The minimum Gasteiger partial charge on any atom is -0.295 e. The van der Waals surface area contributed by atoms with Gasteiger partial charge in [0.05, 0.1) is 16.9 Å². The number of rotatable bonds is 0. The summed E-state index contributed by atoms with van der Waals surface area (Å²) in [4.78, 5) is 13.7. The van der Waals surface area contributed by atoms with E-state index >= 15 is 0 Å². The zero-order chi connectivity index (χ0) is 15.7. The Morgan fingerprint density at radius 2 is 1.67 bits per heavy atom. The number of nitrogens with zero attached hydrogens (tertiary/aromatic N) is 4. The van der Waals surface area contributed by atoms with Gasteiger partial charge in [-0.3, -0.25) is 14.4 Å². The van der Waals surface area contributed by atoms with Crippen molar-refractivity contribution in [2.24, 2.45) is 0 Å². The van der Waals surface area contributed by atoms with Crippen molar-refractivity contribution in [3.05, 3.63) is 72.4 Å². The van der Waals surface area contributed by atoms with Gasteiger partial charge in [0.15, 0.2) is 0 Å². The number of hydrogen-bond donors (Lipinski definition) is 0. The molecule has 6 rings (SSSR count). The van der Waals surface area contributed by atoms with Gasteiger partial charge in [0, 0.05) is 47.5 Å². The molecule has 112 valence electrons. The molecule has 0 amide bonds. The van der Waals surface area contributed by atoms with Gasteiger partial charge in [0.1, 0.15) is 5.65 Å². The lowest BCUT2D eigenvalue weighted by atomic mass is 10.1. The summed E-state index contributed by atoms with van der Waals surface area (Å²) in [5.74, 6) is 0. The zero-order valence-corrected chi connectivity index (χ0v) is 12.8. The summed E-state index contributed by atoms with van der Waals surface area (Å²) in [6.45, 7) is 0. The van der Waals surface area contributed by atoms with Gasteiger partial charge in [0.25, 0.3) is 0 Å². The quantitative estimate of drug-likeness (QED) is 0.398. The molecule has 0 spiro atoms. The third kappa shape index (κ3) is 1.36. The smallest absolute Gasteiger partial charge is 0.147 e. The number of imidazole rings is 1. The first-order valence-corrected chi connectivity index (χ1v) is 8.01. The van der Waals surface area contributed by atoms with Crippen molar-refractivity contribution in [3.8, 4) is 11.3 Å². The molecular weight excluding hydrogens is 296 g/mol. The molecule has 1 aliphatic rings. The molecule has 1 aromatic carbocycles. The van der Waals surface area contributed by atoms with E-state index in [0.29, 0.717) is 0 Å². The SMILES string of the molecule is c1ccc2c(c1)Cc1c-2nc2c3cnccc3c3cnccc3n12. The van der Waals surface area contributed by atoms with Crippen molar-refractivity contribution < 1.29 is 0 Å². The Morgan fingerprint density at radius 1 is 0.833 bits per heavy atom. The van der Waals surface area contributed by atoms with Gasteiger partial charge in [-0.2, -0.15) is 0 Å². The monoisotopic (exact) mass is 308 g/mol. The Balaban J connectivity index is 1.90. The molecule has 0 aliphatic heterocycles. The molecule has 0 unspecified atom stereocenters. The van der Waals surface area contributed by atoms with Crippen LogP contribution in [0.4, 0.5) is 0 Å².